The Morgan fingerprint density at radius 3 is 2.44 bits per heavy atom. The molecule has 7 nitrogen and oxygen atoms in total. The number of hydrogen-bond donors (Lipinski definition) is 4. The van der Waals surface area contributed by atoms with Gasteiger partial charge >= 0.3 is 0 Å². The lowest BCUT2D eigenvalue weighted by molar-refractivity contribution is -0.121. The molecule has 48 heavy (non-hydrogen) atoms. The second-order valence-electron chi connectivity index (χ2n) is 12.7. The van der Waals surface area contributed by atoms with E-state index in [0.29, 0.717) is 29.9 Å². The molecule has 0 heterocycles. The van der Waals surface area contributed by atoms with Gasteiger partial charge in [0.2, 0.25) is 0 Å². The number of carbonyl (C=O) groups excluding carboxylic acids is 1. The van der Waals surface area contributed by atoms with E-state index >= 15 is 0 Å². The molecular weight excluding hydrogens is 604 g/mol. The van der Waals surface area contributed by atoms with Crippen LogP contribution in [0.1, 0.15) is 60.8 Å². The Morgan fingerprint density at radius 1 is 0.833 bits per heavy atom. The molecule has 0 saturated heterocycles. The first-order valence-corrected chi connectivity index (χ1v) is 16.8. The SMILES string of the molecule is COc1ccc(CCC(=O)C[C@@H](O)C[C@@H]2C=C(O)C=C[C@H]2CCCCc2ccccc2)cc1OCc1cc2ccc(O)cc2cc1CO. The number of aliphatic hydroxyl groups is 3. The highest BCUT2D eigenvalue weighted by atomic mass is 16.5. The van der Waals surface area contributed by atoms with Gasteiger partial charge in [0, 0.05) is 12.8 Å². The van der Waals surface area contributed by atoms with E-state index in [0.717, 1.165) is 47.6 Å². The second kappa shape index (κ2) is 17.0. The average molecular weight is 651 g/mol. The minimum absolute atomic E-state index is 0.0167. The smallest absolute Gasteiger partial charge is 0.161 e. The first-order chi connectivity index (χ1) is 23.3. The minimum atomic E-state index is -0.786. The highest BCUT2D eigenvalue weighted by Crippen LogP contribution is 2.33. The van der Waals surface area contributed by atoms with Gasteiger partial charge in [-0.2, -0.15) is 0 Å². The van der Waals surface area contributed by atoms with Crippen LogP contribution < -0.4 is 9.47 Å². The van der Waals surface area contributed by atoms with Crippen molar-refractivity contribution in [1.82, 2.24) is 0 Å². The lowest BCUT2D eigenvalue weighted by Gasteiger charge is -2.27. The fraction of sp³-hybridized carbons (Fsp3) is 0.341. The highest BCUT2D eigenvalue weighted by Gasteiger charge is 2.25. The van der Waals surface area contributed by atoms with E-state index in [9.17, 15) is 25.2 Å². The van der Waals surface area contributed by atoms with Crippen molar-refractivity contribution < 1.29 is 34.7 Å². The Balaban J connectivity index is 1.12. The molecule has 252 valence electrons. The molecule has 4 aromatic carbocycles. The number of phenols is 1. The first kappa shape index (κ1) is 34.7. The van der Waals surface area contributed by atoms with Gasteiger partial charge in [0.05, 0.1) is 19.8 Å². The van der Waals surface area contributed by atoms with Crippen molar-refractivity contribution in [2.75, 3.05) is 7.11 Å². The molecule has 0 radical (unpaired) electrons. The maximum atomic E-state index is 12.9. The molecule has 4 N–H and O–H groups in total. The van der Waals surface area contributed by atoms with Crippen molar-refractivity contribution in [3.05, 3.63) is 125 Å². The fourth-order valence-electron chi connectivity index (χ4n) is 6.52. The molecule has 5 rings (SSSR count). The largest absolute Gasteiger partial charge is 0.508 e. The number of allylic oxidation sites excluding steroid dienone is 3. The number of hydrogen-bond acceptors (Lipinski definition) is 7. The van der Waals surface area contributed by atoms with Crippen LogP contribution in [0.25, 0.3) is 10.8 Å². The van der Waals surface area contributed by atoms with Crippen LogP contribution in [-0.2, 0) is 30.8 Å². The summed E-state index contributed by atoms with van der Waals surface area (Å²) in [6, 6.07) is 24.9. The zero-order chi connectivity index (χ0) is 33.9. The number of ether oxygens (including phenoxy) is 2. The molecule has 0 aromatic heterocycles. The molecule has 1 aliphatic rings. The molecule has 0 fully saturated rings. The number of unbranched alkanes of at least 4 members (excludes halogenated alkanes) is 1. The molecule has 0 saturated carbocycles. The summed E-state index contributed by atoms with van der Waals surface area (Å²) in [5.41, 5.74) is 3.76. The minimum Gasteiger partial charge on any atom is -0.508 e. The topological polar surface area (TPSA) is 116 Å². The third-order valence-corrected chi connectivity index (χ3v) is 9.17. The van der Waals surface area contributed by atoms with E-state index in [1.54, 1.807) is 25.3 Å². The molecule has 0 bridgehead atoms. The summed E-state index contributed by atoms with van der Waals surface area (Å²) >= 11 is 0. The summed E-state index contributed by atoms with van der Waals surface area (Å²) in [6.45, 7) is 0.0335. The number of benzene rings is 4. The number of phenolic OH excluding ortho intramolecular Hbond substituents is 1. The third kappa shape index (κ3) is 9.72. The highest BCUT2D eigenvalue weighted by molar-refractivity contribution is 5.85. The number of carbonyl (C=O) groups is 1. The second-order valence-corrected chi connectivity index (χ2v) is 12.7. The average Bonchev–Trinajstić information content (AvgIpc) is 3.09. The molecule has 4 aromatic rings. The number of aliphatic hydroxyl groups excluding tert-OH is 3. The van der Waals surface area contributed by atoms with E-state index < -0.39 is 6.10 Å². The van der Waals surface area contributed by atoms with Crippen LogP contribution in [0.5, 0.6) is 17.2 Å². The number of aryl methyl sites for hydroxylation is 2. The van der Waals surface area contributed by atoms with Crippen LogP contribution in [0, 0.1) is 11.8 Å². The summed E-state index contributed by atoms with van der Waals surface area (Å²) in [7, 11) is 1.57. The van der Waals surface area contributed by atoms with Crippen molar-refractivity contribution in [3.63, 3.8) is 0 Å². The Bertz CT molecular complexity index is 1730. The Kier molecular flexibility index (Phi) is 12.3. The van der Waals surface area contributed by atoms with Gasteiger partial charge in [-0.1, -0.05) is 55.0 Å². The molecule has 0 amide bonds. The lowest BCUT2D eigenvalue weighted by Crippen LogP contribution is -2.23. The predicted molar refractivity (Wildman–Crippen MR) is 188 cm³/mol. The number of methoxy groups -OCH3 is 1. The standard InChI is InChI=1S/C41H46O7/c1-47-40-18-12-29(19-41(40)48-27-35-20-31-14-17-37(44)22-32(31)21-34(35)26-42)11-15-38(45)25-39(46)24-33-23-36(43)16-13-30(33)10-6-5-9-28-7-3-2-4-8-28/h2-4,7-8,12-14,16-23,30,33,39,42-44,46H,5-6,9-11,15,24-27H2,1H3/t30-,33+,39+/m1/s1. The number of fused-ring (bicyclic) bond motifs is 1. The molecule has 0 unspecified atom stereocenters. The van der Waals surface area contributed by atoms with Crippen molar-refractivity contribution in [1.29, 1.82) is 0 Å². The van der Waals surface area contributed by atoms with Crippen molar-refractivity contribution in [2.24, 2.45) is 11.8 Å². The Labute approximate surface area is 282 Å². The first-order valence-electron chi connectivity index (χ1n) is 16.8. The number of rotatable bonds is 17. The molecule has 1 aliphatic carbocycles. The van der Waals surface area contributed by atoms with Crippen LogP contribution in [-0.4, -0.2) is 39.4 Å². The molecule has 3 atom stereocenters. The van der Waals surface area contributed by atoms with Gasteiger partial charge < -0.3 is 29.9 Å². The number of aromatic hydroxyl groups is 1. The van der Waals surface area contributed by atoms with Crippen molar-refractivity contribution >= 4 is 16.6 Å². The summed E-state index contributed by atoms with van der Waals surface area (Å²) in [5.74, 6) is 1.65. The number of ketones is 1. The van der Waals surface area contributed by atoms with Gasteiger partial charge in [-0.3, -0.25) is 4.79 Å². The molecule has 0 spiro atoms. The van der Waals surface area contributed by atoms with E-state index in [-0.39, 0.29) is 55.2 Å². The van der Waals surface area contributed by atoms with Crippen LogP contribution in [0.15, 0.2) is 103 Å². The predicted octanol–water partition coefficient (Wildman–Crippen LogP) is 7.93. The van der Waals surface area contributed by atoms with E-state index in [2.05, 4.69) is 24.3 Å². The van der Waals surface area contributed by atoms with Gasteiger partial charge in [0.1, 0.15) is 23.9 Å². The zero-order valence-corrected chi connectivity index (χ0v) is 27.6. The van der Waals surface area contributed by atoms with Crippen LogP contribution in [0.4, 0.5) is 0 Å². The van der Waals surface area contributed by atoms with E-state index in [1.807, 2.05) is 54.6 Å². The summed E-state index contributed by atoms with van der Waals surface area (Å²) in [4.78, 5) is 12.9. The quantitative estimate of drug-likeness (QED) is 0.0858. The van der Waals surface area contributed by atoms with E-state index in [4.69, 9.17) is 9.47 Å². The molecule has 0 aliphatic heterocycles. The van der Waals surface area contributed by atoms with Crippen LogP contribution >= 0.6 is 0 Å². The van der Waals surface area contributed by atoms with Gasteiger partial charge in [-0.05, 0) is 126 Å². The Hall–Kier alpha value is -4.59. The van der Waals surface area contributed by atoms with Crippen molar-refractivity contribution in [3.8, 4) is 17.2 Å². The van der Waals surface area contributed by atoms with Crippen LogP contribution in [0.2, 0.25) is 0 Å². The summed E-state index contributed by atoms with van der Waals surface area (Å²) in [6.07, 6.45) is 10.2. The zero-order valence-electron chi connectivity index (χ0n) is 27.6. The maximum absolute atomic E-state index is 12.9. The van der Waals surface area contributed by atoms with Crippen LogP contribution in [0.3, 0.4) is 0 Å². The fourth-order valence-corrected chi connectivity index (χ4v) is 6.52. The lowest BCUT2D eigenvalue weighted by atomic mass is 9.80. The van der Waals surface area contributed by atoms with E-state index in [1.165, 1.54) is 5.56 Å². The number of Topliss-reactive ketones (excluding diaryl/α,β-unsaturated/α-hetero) is 1. The summed E-state index contributed by atoms with van der Waals surface area (Å²) in [5, 5.41) is 42.6. The summed E-state index contributed by atoms with van der Waals surface area (Å²) < 4.78 is 11.7. The van der Waals surface area contributed by atoms with Gasteiger partial charge in [0.15, 0.2) is 11.5 Å². The molecule has 7 heteroatoms. The maximum Gasteiger partial charge on any atom is 0.161 e. The Morgan fingerprint density at radius 2 is 1.65 bits per heavy atom. The molecular formula is C41H46O7. The van der Waals surface area contributed by atoms with Crippen molar-refractivity contribution in [2.45, 2.75) is 70.7 Å². The monoisotopic (exact) mass is 650 g/mol. The van der Waals surface area contributed by atoms with Gasteiger partial charge in [0.25, 0.3) is 0 Å². The van der Waals surface area contributed by atoms with Gasteiger partial charge in [-0.15, -0.1) is 0 Å². The van der Waals surface area contributed by atoms with Gasteiger partial charge in [-0.25, -0.2) is 0 Å². The normalized spacial score (nSPS) is 16.4. The third-order valence-electron chi connectivity index (χ3n) is 9.17.